The number of nitrogens with two attached hydrogens (primary N) is 1. The zero-order valence-corrected chi connectivity index (χ0v) is 11.7. The Morgan fingerprint density at radius 1 is 1.32 bits per heavy atom. The van der Waals surface area contributed by atoms with Crippen LogP contribution in [0.5, 0.6) is 0 Å². The largest absolute Gasteiger partial charge is 0.399 e. The van der Waals surface area contributed by atoms with Gasteiger partial charge in [-0.15, -0.1) is 0 Å². The van der Waals surface area contributed by atoms with E-state index in [0.717, 1.165) is 37.4 Å². The van der Waals surface area contributed by atoms with E-state index in [1.54, 1.807) is 0 Å². The Labute approximate surface area is 114 Å². The first kappa shape index (κ1) is 13.6. The van der Waals surface area contributed by atoms with Crippen LogP contribution in [0.4, 0.5) is 5.69 Å². The smallest absolute Gasteiger partial charge is 0.113 e. The molecule has 0 aliphatic heterocycles. The van der Waals surface area contributed by atoms with Crippen LogP contribution in [0.2, 0.25) is 0 Å². The first-order valence-electron chi connectivity index (χ1n) is 6.64. The van der Waals surface area contributed by atoms with Crippen molar-refractivity contribution >= 4 is 5.69 Å². The fraction of sp³-hybridized carbons (Fsp3) is 0.400. The highest BCUT2D eigenvalue weighted by Gasteiger charge is 2.04. The van der Waals surface area contributed by atoms with E-state index in [4.69, 9.17) is 5.73 Å². The fourth-order valence-corrected chi connectivity index (χ4v) is 2.15. The van der Waals surface area contributed by atoms with Gasteiger partial charge in [0.15, 0.2) is 0 Å². The third-order valence-corrected chi connectivity index (χ3v) is 3.12. The van der Waals surface area contributed by atoms with Crippen molar-refractivity contribution in [3.8, 4) is 0 Å². The molecule has 0 atom stereocenters. The van der Waals surface area contributed by atoms with Crippen LogP contribution in [0.1, 0.15) is 17.8 Å². The lowest BCUT2D eigenvalue weighted by atomic mass is 10.1. The summed E-state index contributed by atoms with van der Waals surface area (Å²) in [5.74, 6) is 1.10. The zero-order valence-electron chi connectivity index (χ0n) is 11.7. The minimum atomic E-state index is 0.809. The molecule has 1 heterocycles. The van der Waals surface area contributed by atoms with E-state index in [1.807, 2.05) is 24.4 Å². The summed E-state index contributed by atoms with van der Waals surface area (Å²) in [5, 5.41) is 0. The van der Waals surface area contributed by atoms with Crippen molar-refractivity contribution in [2.24, 2.45) is 0 Å². The van der Waals surface area contributed by atoms with Gasteiger partial charge in [0, 0.05) is 31.0 Å². The van der Waals surface area contributed by atoms with Crippen molar-refractivity contribution in [3.63, 3.8) is 0 Å². The number of anilines is 1. The third-order valence-electron chi connectivity index (χ3n) is 3.12. The van der Waals surface area contributed by atoms with Gasteiger partial charge in [0.1, 0.15) is 5.82 Å². The SMILES string of the molecule is CN(C)CCCn1ccnc1Cc1cccc(N)c1. The van der Waals surface area contributed by atoms with Gasteiger partial charge in [0.25, 0.3) is 0 Å². The van der Waals surface area contributed by atoms with Gasteiger partial charge >= 0.3 is 0 Å². The molecular formula is C15H22N4. The first-order valence-corrected chi connectivity index (χ1v) is 6.64. The average Bonchev–Trinajstić information content (AvgIpc) is 2.76. The topological polar surface area (TPSA) is 47.1 Å². The predicted molar refractivity (Wildman–Crippen MR) is 79.1 cm³/mol. The molecule has 0 aliphatic rings. The van der Waals surface area contributed by atoms with Crippen LogP contribution in [-0.4, -0.2) is 35.1 Å². The van der Waals surface area contributed by atoms with Crippen molar-refractivity contribution in [1.29, 1.82) is 0 Å². The van der Waals surface area contributed by atoms with Crippen LogP contribution >= 0.6 is 0 Å². The van der Waals surface area contributed by atoms with Gasteiger partial charge in [0.2, 0.25) is 0 Å². The number of nitrogens with zero attached hydrogens (tertiary/aromatic N) is 3. The van der Waals surface area contributed by atoms with Gasteiger partial charge < -0.3 is 15.2 Å². The Kier molecular flexibility index (Phi) is 4.58. The number of rotatable bonds is 6. The molecule has 102 valence electrons. The Morgan fingerprint density at radius 2 is 2.16 bits per heavy atom. The molecule has 2 rings (SSSR count). The van der Waals surface area contributed by atoms with Crippen molar-refractivity contribution in [1.82, 2.24) is 14.5 Å². The van der Waals surface area contributed by atoms with E-state index in [1.165, 1.54) is 5.56 Å². The summed E-state index contributed by atoms with van der Waals surface area (Å²) in [5.41, 5.74) is 7.82. The maximum absolute atomic E-state index is 5.81. The Morgan fingerprint density at radius 3 is 2.89 bits per heavy atom. The van der Waals surface area contributed by atoms with E-state index in [2.05, 4.69) is 40.8 Å². The Hall–Kier alpha value is -1.81. The van der Waals surface area contributed by atoms with Crippen LogP contribution in [0, 0.1) is 0 Å². The lowest BCUT2D eigenvalue weighted by Crippen LogP contribution is -2.15. The van der Waals surface area contributed by atoms with Crippen LogP contribution in [0.3, 0.4) is 0 Å². The molecule has 2 aromatic rings. The number of hydrogen-bond donors (Lipinski definition) is 1. The summed E-state index contributed by atoms with van der Waals surface area (Å²) in [4.78, 5) is 6.65. The predicted octanol–water partition coefficient (Wildman–Crippen LogP) is 2.01. The molecule has 0 amide bonds. The molecule has 0 unspecified atom stereocenters. The molecule has 19 heavy (non-hydrogen) atoms. The Balaban J connectivity index is 1.99. The number of nitrogen functional groups attached to an aromatic ring is 1. The highest BCUT2D eigenvalue weighted by Crippen LogP contribution is 2.12. The molecule has 0 saturated heterocycles. The molecular weight excluding hydrogens is 236 g/mol. The second kappa shape index (κ2) is 6.38. The molecule has 0 bridgehead atoms. The monoisotopic (exact) mass is 258 g/mol. The van der Waals surface area contributed by atoms with E-state index in [-0.39, 0.29) is 0 Å². The normalized spacial score (nSPS) is 11.1. The Bertz CT molecular complexity index is 516. The number of hydrogen-bond acceptors (Lipinski definition) is 3. The summed E-state index contributed by atoms with van der Waals surface area (Å²) in [6.07, 6.45) is 5.89. The molecule has 1 aromatic carbocycles. The maximum Gasteiger partial charge on any atom is 0.113 e. The van der Waals surface area contributed by atoms with E-state index in [9.17, 15) is 0 Å². The minimum Gasteiger partial charge on any atom is -0.399 e. The van der Waals surface area contributed by atoms with Crippen LogP contribution in [-0.2, 0) is 13.0 Å². The van der Waals surface area contributed by atoms with E-state index < -0.39 is 0 Å². The molecule has 0 spiro atoms. The average molecular weight is 258 g/mol. The summed E-state index contributed by atoms with van der Waals surface area (Å²) in [6.45, 7) is 2.10. The molecule has 4 heteroatoms. The summed E-state index contributed by atoms with van der Waals surface area (Å²) >= 11 is 0. The highest BCUT2D eigenvalue weighted by molar-refractivity contribution is 5.41. The number of imidazole rings is 1. The van der Waals surface area contributed by atoms with E-state index >= 15 is 0 Å². The lowest BCUT2D eigenvalue weighted by Gasteiger charge is -2.11. The van der Waals surface area contributed by atoms with Gasteiger partial charge in [-0.05, 0) is 44.8 Å². The zero-order chi connectivity index (χ0) is 13.7. The molecule has 2 N–H and O–H groups in total. The first-order chi connectivity index (χ1) is 9.15. The van der Waals surface area contributed by atoms with E-state index in [0.29, 0.717) is 0 Å². The lowest BCUT2D eigenvalue weighted by molar-refractivity contribution is 0.385. The maximum atomic E-state index is 5.81. The number of aromatic nitrogens is 2. The molecule has 0 fully saturated rings. The van der Waals surface area contributed by atoms with Gasteiger partial charge in [-0.2, -0.15) is 0 Å². The van der Waals surface area contributed by atoms with Crippen molar-refractivity contribution in [2.75, 3.05) is 26.4 Å². The molecule has 0 radical (unpaired) electrons. The van der Waals surface area contributed by atoms with Gasteiger partial charge in [0.05, 0.1) is 0 Å². The van der Waals surface area contributed by atoms with Crippen LogP contribution in [0.25, 0.3) is 0 Å². The summed E-state index contributed by atoms with van der Waals surface area (Å²) in [6, 6.07) is 8.01. The van der Waals surface area contributed by atoms with Crippen molar-refractivity contribution in [3.05, 3.63) is 48.0 Å². The fourth-order valence-electron chi connectivity index (χ4n) is 2.15. The van der Waals surface area contributed by atoms with Gasteiger partial charge in [-0.25, -0.2) is 4.98 Å². The summed E-state index contributed by atoms with van der Waals surface area (Å²) in [7, 11) is 4.20. The molecule has 0 saturated carbocycles. The standard InChI is InChI=1S/C15H22N4/c1-18(2)8-4-9-19-10-7-17-15(19)12-13-5-3-6-14(16)11-13/h3,5-7,10-11H,4,8-9,12,16H2,1-2H3. The number of benzene rings is 1. The second-order valence-corrected chi connectivity index (χ2v) is 5.12. The van der Waals surface area contributed by atoms with Gasteiger partial charge in [-0.3, -0.25) is 0 Å². The third kappa shape index (κ3) is 4.10. The molecule has 4 nitrogen and oxygen atoms in total. The number of aryl methyl sites for hydroxylation is 1. The van der Waals surface area contributed by atoms with Gasteiger partial charge in [-0.1, -0.05) is 12.1 Å². The van der Waals surface area contributed by atoms with Crippen LogP contribution < -0.4 is 5.73 Å². The van der Waals surface area contributed by atoms with Crippen LogP contribution in [0.15, 0.2) is 36.7 Å². The highest BCUT2D eigenvalue weighted by atomic mass is 15.1. The second-order valence-electron chi connectivity index (χ2n) is 5.12. The van der Waals surface area contributed by atoms with Crippen molar-refractivity contribution in [2.45, 2.75) is 19.4 Å². The minimum absolute atomic E-state index is 0.809. The molecule has 0 aliphatic carbocycles. The summed E-state index contributed by atoms with van der Waals surface area (Å²) < 4.78 is 2.23. The van der Waals surface area contributed by atoms with Crippen molar-refractivity contribution < 1.29 is 0 Å². The molecule has 1 aromatic heterocycles. The quantitative estimate of drug-likeness (QED) is 0.806.